The van der Waals surface area contributed by atoms with Crippen molar-refractivity contribution in [3.05, 3.63) is 94.5 Å². The minimum atomic E-state index is -4.07. The van der Waals surface area contributed by atoms with Gasteiger partial charge in [-0.2, -0.15) is 0 Å². The number of hydrogen-bond acceptors (Lipinski definition) is 4. The molecule has 3 aromatic rings. The van der Waals surface area contributed by atoms with Crippen molar-refractivity contribution in [2.75, 3.05) is 10.8 Å². The quantitative estimate of drug-likeness (QED) is 0.308. The van der Waals surface area contributed by atoms with Crippen molar-refractivity contribution < 1.29 is 18.0 Å². The Morgan fingerprint density at radius 1 is 0.950 bits per heavy atom. The normalized spacial score (nSPS) is 14.8. The van der Waals surface area contributed by atoms with Crippen LogP contribution in [0.25, 0.3) is 0 Å². The highest BCUT2D eigenvalue weighted by atomic mass is 79.9. The van der Waals surface area contributed by atoms with Gasteiger partial charge in [0.05, 0.1) is 10.6 Å². The highest BCUT2D eigenvalue weighted by Crippen LogP contribution is 2.25. The first kappa shape index (κ1) is 29.8. The van der Waals surface area contributed by atoms with Gasteiger partial charge in [-0.15, -0.1) is 0 Å². The number of sulfonamides is 1. The number of halogens is 1. The van der Waals surface area contributed by atoms with Crippen molar-refractivity contribution in [3.63, 3.8) is 0 Å². The number of hydrogen-bond donors (Lipinski definition) is 1. The van der Waals surface area contributed by atoms with Gasteiger partial charge in [-0.25, -0.2) is 8.42 Å². The summed E-state index contributed by atoms with van der Waals surface area (Å²) in [6.07, 6.45) is 5.16. The van der Waals surface area contributed by atoms with E-state index in [9.17, 15) is 18.0 Å². The smallest absolute Gasteiger partial charge is 0.264 e. The first-order valence-electron chi connectivity index (χ1n) is 13.6. The number of anilines is 1. The van der Waals surface area contributed by atoms with Crippen LogP contribution >= 0.6 is 15.9 Å². The monoisotopic (exact) mass is 625 g/mol. The van der Waals surface area contributed by atoms with E-state index in [1.807, 2.05) is 31.2 Å². The Balaban J connectivity index is 1.65. The Labute approximate surface area is 245 Å². The molecule has 1 aliphatic carbocycles. The van der Waals surface area contributed by atoms with Gasteiger partial charge in [-0.3, -0.25) is 13.9 Å². The molecule has 0 unspecified atom stereocenters. The number of para-hydroxylation sites is 1. The summed E-state index contributed by atoms with van der Waals surface area (Å²) >= 11 is 3.48. The van der Waals surface area contributed by atoms with Gasteiger partial charge in [0.1, 0.15) is 12.6 Å². The molecule has 0 saturated heterocycles. The average Bonchev–Trinajstić information content (AvgIpc) is 2.95. The summed E-state index contributed by atoms with van der Waals surface area (Å²) in [5.41, 5.74) is 2.13. The molecule has 2 amide bonds. The molecule has 0 aliphatic heterocycles. The van der Waals surface area contributed by atoms with Gasteiger partial charge in [0.2, 0.25) is 11.8 Å². The van der Waals surface area contributed by atoms with Gasteiger partial charge in [-0.1, -0.05) is 83.2 Å². The SMILES string of the molecule is Cc1ccc(S(=O)(=O)N(CC(=O)N(Cc2cccc(Br)c2)[C@@H](C)C(=O)NC2CCCCC2)c2ccccc2)cc1. The summed E-state index contributed by atoms with van der Waals surface area (Å²) in [7, 11) is -4.07. The third kappa shape index (κ3) is 7.52. The fraction of sp³-hybridized carbons (Fsp3) is 0.355. The van der Waals surface area contributed by atoms with Crippen molar-refractivity contribution in [2.45, 2.75) is 69.5 Å². The minimum absolute atomic E-state index is 0.0919. The Hall–Kier alpha value is -3.17. The summed E-state index contributed by atoms with van der Waals surface area (Å²) in [4.78, 5) is 29.0. The standard InChI is InChI=1S/C31H36BrN3O4S/c1-23-16-18-29(19-17-23)40(38,39)35(28-14-7-4-8-15-28)22-30(36)34(21-25-10-9-11-26(32)20-25)24(2)31(37)33-27-12-5-3-6-13-27/h4,7-11,14-20,24,27H,3,5-6,12-13,21-22H2,1-2H3,(H,33,37)/t24-/m0/s1. The molecule has 0 spiro atoms. The van der Waals surface area contributed by atoms with Crippen LogP contribution in [0, 0.1) is 6.92 Å². The van der Waals surface area contributed by atoms with Gasteiger partial charge in [0, 0.05) is 17.1 Å². The predicted molar refractivity (Wildman–Crippen MR) is 161 cm³/mol. The number of nitrogens with one attached hydrogen (secondary N) is 1. The van der Waals surface area contributed by atoms with Crippen molar-refractivity contribution in [1.82, 2.24) is 10.2 Å². The summed E-state index contributed by atoms with van der Waals surface area (Å²) in [5, 5.41) is 3.12. The molecule has 3 aromatic carbocycles. The zero-order valence-corrected chi connectivity index (χ0v) is 25.3. The molecular formula is C31H36BrN3O4S. The predicted octanol–water partition coefficient (Wildman–Crippen LogP) is 5.82. The molecule has 0 aromatic heterocycles. The van der Waals surface area contributed by atoms with Crippen LogP contribution in [0.2, 0.25) is 0 Å². The number of carbonyl (C=O) groups is 2. The molecule has 1 aliphatic rings. The van der Waals surface area contributed by atoms with Gasteiger partial charge >= 0.3 is 0 Å². The van der Waals surface area contributed by atoms with Crippen LogP contribution in [0.1, 0.15) is 50.2 Å². The van der Waals surface area contributed by atoms with E-state index in [1.165, 1.54) is 11.3 Å². The maximum atomic E-state index is 14.0. The topological polar surface area (TPSA) is 86.8 Å². The van der Waals surface area contributed by atoms with E-state index in [-0.39, 0.29) is 23.4 Å². The maximum absolute atomic E-state index is 14.0. The molecule has 0 heterocycles. The van der Waals surface area contributed by atoms with Crippen LogP contribution in [-0.4, -0.2) is 43.8 Å². The largest absolute Gasteiger partial charge is 0.352 e. The molecule has 40 heavy (non-hydrogen) atoms. The zero-order chi connectivity index (χ0) is 28.7. The molecule has 212 valence electrons. The molecule has 0 bridgehead atoms. The number of carbonyl (C=O) groups excluding carboxylic acids is 2. The van der Waals surface area contributed by atoms with Gasteiger partial charge < -0.3 is 10.2 Å². The third-order valence-corrected chi connectivity index (χ3v) is 9.57. The number of aryl methyl sites for hydroxylation is 1. The third-order valence-electron chi connectivity index (χ3n) is 7.29. The fourth-order valence-electron chi connectivity index (χ4n) is 4.94. The molecule has 7 nitrogen and oxygen atoms in total. The summed E-state index contributed by atoms with van der Waals surface area (Å²) < 4.78 is 29.7. The Morgan fingerprint density at radius 3 is 2.27 bits per heavy atom. The maximum Gasteiger partial charge on any atom is 0.264 e. The van der Waals surface area contributed by atoms with Crippen LogP contribution in [0.4, 0.5) is 5.69 Å². The molecule has 1 atom stereocenters. The lowest BCUT2D eigenvalue weighted by Gasteiger charge is -2.33. The lowest BCUT2D eigenvalue weighted by molar-refractivity contribution is -0.139. The van der Waals surface area contributed by atoms with Crippen LogP contribution in [0.15, 0.2) is 88.2 Å². The molecule has 9 heteroatoms. The van der Waals surface area contributed by atoms with Crippen molar-refractivity contribution in [3.8, 4) is 0 Å². The van der Waals surface area contributed by atoms with Gasteiger partial charge in [0.15, 0.2) is 0 Å². The van der Waals surface area contributed by atoms with Crippen LogP contribution in [0.3, 0.4) is 0 Å². The zero-order valence-electron chi connectivity index (χ0n) is 22.9. The second-order valence-electron chi connectivity index (χ2n) is 10.3. The Bertz CT molecular complexity index is 1410. The van der Waals surface area contributed by atoms with E-state index in [0.717, 1.165) is 45.6 Å². The summed E-state index contributed by atoms with van der Waals surface area (Å²) in [6.45, 7) is 3.30. The van der Waals surface area contributed by atoms with Crippen LogP contribution < -0.4 is 9.62 Å². The van der Waals surface area contributed by atoms with E-state index < -0.39 is 28.5 Å². The number of nitrogens with zero attached hydrogens (tertiary/aromatic N) is 2. The molecule has 0 radical (unpaired) electrons. The molecule has 1 saturated carbocycles. The second kappa shape index (κ2) is 13.5. The van der Waals surface area contributed by atoms with Crippen molar-refractivity contribution >= 4 is 43.5 Å². The van der Waals surface area contributed by atoms with Crippen LogP contribution in [-0.2, 0) is 26.2 Å². The van der Waals surface area contributed by atoms with Gasteiger partial charge in [0.25, 0.3) is 10.0 Å². The molecule has 4 rings (SSSR count). The first-order valence-corrected chi connectivity index (χ1v) is 15.9. The molecular weight excluding hydrogens is 590 g/mol. The Kier molecular flexibility index (Phi) is 10.0. The fourth-order valence-corrected chi connectivity index (χ4v) is 6.80. The van der Waals surface area contributed by atoms with Crippen LogP contribution in [0.5, 0.6) is 0 Å². The number of amides is 2. The van der Waals surface area contributed by atoms with Crippen molar-refractivity contribution in [2.24, 2.45) is 0 Å². The van der Waals surface area contributed by atoms with Crippen molar-refractivity contribution in [1.29, 1.82) is 0 Å². The first-order chi connectivity index (χ1) is 19.1. The van der Waals surface area contributed by atoms with E-state index in [1.54, 1.807) is 61.5 Å². The molecule has 1 N–H and O–H groups in total. The number of rotatable bonds is 10. The highest BCUT2D eigenvalue weighted by Gasteiger charge is 2.33. The van der Waals surface area contributed by atoms with Gasteiger partial charge in [-0.05, 0) is 68.7 Å². The van der Waals surface area contributed by atoms with E-state index in [0.29, 0.717) is 5.69 Å². The lowest BCUT2D eigenvalue weighted by Crippen LogP contribution is -2.53. The minimum Gasteiger partial charge on any atom is -0.352 e. The summed E-state index contributed by atoms with van der Waals surface area (Å²) in [5.74, 6) is -0.700. The van der Waals surface area contributed by atoms with E-state index in [4.69, 9.17) is 0 Å². The summed E-state index contributed by atoms with van der Waals surface area (Å²) in [6, 6.07) is 22.0. The molecule has 1 fully saturated rings. The Morgan fingerprint density at radius 2 is 1.62 bits per heavy atom. The highest BCUT2D eigenvalue weighted by molar-refractivity contribution is 9.10. The van der Waals surface area contributed by atoms with E-state index in [2.05, 4.69) is 21.2 Å². The number of benzene rings is 3. The average molecular weight is 627 g/mol. The van der Waals surface area contributed by atoms with E-state index >= 15 is 0 Å². The second-order valence-corrected chi connectivity index (χ2v) is 13.1. The lowest BCUT2D eigenvalue weighted by atomic mass is 9.95.